The van der Waals surface area contributed by atoms with Crippen LogP contribution < -0.4 is 9.68 Å². The van der Waals surface area contributed by atoms with Gasteiger partial charge in [-0.15, -0.1) is 11.3 Å². The van der Waals surface area contributed by atoms with Gasteiger partial charge in [0.25, 0.3) is 0 Å². The van der Waals surface area contributed by atoms with Gasteiger partial charge in [-0.2, -0.15) is 0 Å². The zero-order chi connectivity index (χ0) is 19.4. The maximum atomic E-state index is 12.0. The van der Waals surface area contributed by atoms with Gasteiger partial charge in [0.1, 0.15) is 0 Å². The summed E-state index contributed by atoms with van der Waals surface area (Å²) in [6.45, 7) is 17.8. The van der Waals surface area contributed by atoms with E-state index < -0.39 is 30.0 Å². The van der Waals surface area contributed by atoms with Crippen LogP contribution in [0.5, 0.6) is 0 Å². The SMILES string of the molecule is CC(C)(C)C(C)(C)N(C(=O)O)c1ncc(B2OC(C)(C)C(C)(C)O2)s1. The molecule has 1 aromatic heterocycles. The van der Waals surface area contributed by atoms with Gasteiger partial charge < -0.3 is 14.4 Å². The number of amides is 1. The fourth-order valence-corrected chi connectivity index (χ4v) is 3.36. The van der Waals surface area contributed by atoms with Gasteiger partial charge >= 0.3 is 13.2 Å². The van der Waals surface area contributed by atoms with E-state index in [0.717, 1.165) is 4.78 Å². The summed E-state index contributed by atoms with van der Waals surface area (Å²) in [5.74, 6) is 0. The molecule has 1 aliphatic rings. The summed E-state index contributed by atoms with van der Waals surface area (Å²) < 4.78 is 12.8. The highest BCUT2D eigenvalue weighted by Gasteiger charge is 2.53. The van der Waals surface area contributed by atoms with Crippen LogP contribution in [0.1, 0.15) is 62.3 Å². The second-order valence-corrected chi connectivity index (χ2v) is 10.1. The fourth-order valence-electron chi connectivity index (χ4n) is 2.34. The Morgan fingerprint density at radius 3 is 2.04 bits per heavy atom. The summed E-state index contributed by atoms with van der Waals surface area (Å²) in [5.41, 5.74) is -1.79. The van der Waals surface area contributed by atoms with Gasteiger partial charge in [-0.3, -0.25) is 0 Å². The van der Waals surface area contributed by atoms with Gasteiger partial charge in [0.15, 0.2) is 5.13 Å². The van der Waals surface area contributed by atoms with Crippen LogP contribution in [0.3, 0.4) is 0 Å². The molecule has 2 heterocycles. The summed E-state index contributed by atoms with van der Waals surface area (Å²) in [6.07, 6.45) is 0.631. The van der Waals surface area contributed by atoms with E-state index in [1.54, 1.807) is 6.20 Å². The number of carbonyl (C=O) groups is 1. The van der Waals surface area contributed by atoms with Crippen LogP contribution in [0.2, 0.25) is 0 Å². The number of nitrogens with zero attached hydrogens (tertiary/aromatic N) is 2. The van der Waals surface area contributed by atoms with E-state index in [0.29, 0.717) is 5.13 Å². The number of thiazole rings is 1. The lowest BCUT2D eigenvalue weighted by Gasteiger charge is -2.44. The molecular formula is C17H29BN2O4S. The highest BCUT2D eigenvalue weighted by molar-refractivity contribution is 7.25. The van der Waals surface area contributed by atoms with Crippen molar-refractivity contribution >= 4 is 34.5 Å². The second kappa shape index (κ2) is 5.96. The number of anilines is 1. The standard InChI is InChI=1S/C17H29BN2O4S/c1-14(2,3)15(4,5)20(13(21)22)12-19-10-11(25-12)18-23-16(6,7)17(8,9)24-18/h10H,1-9H3,(H,21,22). The number of hydrogen-bond donors (Lipinski definition) is 1. The predicted octanol–water partition coefficient (Wildman–Crippen LogP) is 3.75. The molecule has 25 heavy (non-hydrogen) atoms. The van der Waals surface area contributed by atoms with Crippen molar-refractivity contribution in [2.24, 2.45) is 5.41 Å². The van der Waals surface area contributed by atoms with E-state index in [4.69, 9.17) is 9.31 Å². The van der Waals surface area contributed by atoms with E-state index in [-0.39, 0.29) is 5.41 Å². The first-order chi connectivity index (χ1) is 11.1. The number of rotatable bonds is 3. The van der Waals surface area contributed by atoms with E-state index in [2.05, 4.69) is 4.98 Å². The van der Waals surface area contributed by atoms with Crippen molar-refractivity contribution in [3.8, 4) is 0 Å². The molecule has 0 radical (unpaired) electrons. The zero-order valence-corrected chi connectivity index (χ0v) is 17.4. The van der Waals surface area contributed by atoms with Crippen LogP contribution in [0.4, 0.5) is 9.93 Å². The smallest absolute Gasteiger partial charge is 0.465 e. The predicted molar refractivity (Wildman–Crippen MR) is 102 cm³/mol. The van der Waals surface area contributed by atoms with Gasteiger partial charge in [-0.25, -0.2) is 14.7 Å². The average molecular weight is 368 g/mol. The average Bonchev–Trinajstić information content (AvgIpc) is 2.91. The Kier molecular flexibility index (Phi) is 4.82. The van der Waals surface area contributed by atoms with Gasteiger partial charge in [-0.05, 0) is 47.0 Å². The van der Waals surface area contributed by atoms with Gasteiger partial charge in [0.2, 0.25) is 0 Å². The molecule has 1 aromatic rings. The molecule has 1 amide bonds. The van der Waals surface area contributed by atoms with Crippen molar-refractivity contribution < 1.29 is 19.2 Å². The van der Waals surface area contributed by atoms with Gasteiger partial charge in [0.05, 0.1) is 21.5 Å². The Labute approximate surface area is 154 Å². The third-order valence-electron chi connectivity index (χ3n) is 5.77. The van der Waals surface area contributed by atoms with Crippen molar-refractivity contribution in [2.75, 3.05) is 4.90 Å². The highest BCUT2D eigenvalue weighted by atomic mass is 32.1. The van der Waals surface area contributed by atoms with E-state index in [1.807, 2.05) is 62.3 Å². The number of carboxylic acid groups (broad SMARTS) is 1. The van der Waals surface area contributed by atoms with Gasteiger partial charge in [0, 0.05) is 6.20 Å². The number of hydrogen-bond acceptors (Lipinski definition) is 5. The van der Waals surface area contributed by atoms with Crippen molar-refractivity contribution in [1.82, 2.24) is 4.98 Å². The molecule has 6 nitrogen and oxygen atoms in total. The van der Waals surface area contributed by atoms with Crippen LogP contribution >= 0.6 is 11.3 Å². The Morgan fingerprint density at radius 1 is 1.16 bits per heavy atom. The molecule has 1 fully saturated rings. The summed E-state index contributed by atoms with van der Waals surface area (Å²) in [4.78, 5) is 17.7. The monoisotopic (exact) mass is 368 g/mol. The minimum atomic E-state index is -1.02. The Bertz CT molecular complexity index is 648. The third-order valence-corrected chi connectivity index (χ3v) is 6.78. The first-order valence-electron chi connectivity index (χ1n) is 8.45. The molecule has 0 atom stereocenters. The van der Waals surface area contributed by atoms with Crippen LogP contribution in [-0.2, 0) is 9.31 Å². The first-order valence-corrected chi connectivity index (χ1v) is 9.26. The fraction of sp³-hybridized carbons (Fsp3) is 0.765. The van der Waals surface area contributed by atoms with Crippen LogP contribution in [0.25, 0.3) is 0 Å². The van der Waals surface area contributed by atoms with Crippen molar-refractivity contribution in [1.29, 1.82) is 0 Å². The largest absolute Gasteiger partial charge is 0.507 e. The molecule has 1 saturated heterocycles. The zero-order valence-electron chi connectivity index (χ0n) is 16.6. The molecule has 1 N–H and O–H groups in total. The molecule has 0 aliphatic carbocycles. The number of aromatic nitrogens is 1. The Hall–Kier alpha value is -1.12. The summed E-state index contributed by atoms with van der Waals surface area (Å²) >= 11 is 1.30. The minimum absolute atomic E-state index is 0.262. The quantitative estimate of drug-likeness (QED) is 0.823. The topological polar surface area (TPSA) is 71.9 Å². The first kappa shape index (κ1) is 20.2. The van der Waals surface area contributed by atoms with Crippen LogP contribution in [-0.4, -0.2) is 40.0 Å². The van der Waals surface area contributed by atoms with E-state index >= 15 is 0 Å². The summed E-state index contributed by atoms with van der Waals surface area (Å²) in [7, 11) is -0.537. The molecule has 0 bridgehead atoms. The van der Waals surface area contributed by atoms with Crippen molar-refractivity contribution in [3.05, 3.63) is 6.20 Å². The maximum absolute atomic E-state index is 12.0. The molecular weight excluding hydrogens is 339 g/mol. The van der Waals surface area contributed by atoms with Crippen molar-refractivity contribution in [2.45, 2.75) is 79.1 Å². The molecule has 0 unspecified atom stereocenters. The highest BCUT2D eigenvalue weighted by Crippen LogP contribution is 2.40. The molecule has 1 aliphatic heterocycles. The van der Waals surface area contributed by atoms with Gasteiger partial charge in [-0.1, -0.05) is 20.8 Å². The second-order valence-electron chi connectivity index (χ2n) is 9.06. The lowest BCUT2D eigenvalue weighted by atomic mass is 9.75. The lowest BCUT2D eigenvalue weighted by Crippen LogP contribution is -2.55. The normalized spacial score (nSPS) is 20.0. The molecule has 140 valence electrons. The molecule has 0 spiro atoms. The lowest BCUT2D eigenvalue weighted by molar-refractivity contribution is 0.00578. The summed E-state index contributed by atoms with van der Waals surface area (Å²) in [6, 6.07) is 0. The molecule has 8 heteroatoms. The van der Waals surface area contributed by atoms with E-state index in [9.17, 15) is 9.90 Å². The van der Waals surface area contributed by atoms with Crippen LogP contribution in [0, 0.1) is 5.41 Å². The van der Waals surface area contributed by atoms with Crippen LogP contribution in [0.15, 0.2) is 6.20 Å². The Morgan fingerprint density at radius 2 is 1.64 bits per heavy atom. The van der Waals surface area contributed by atoms with Crippen molar-refractivity contribution in [3.63, 3.8) is 0 Å². The maximum Gasteiger partial charge on any atom is 0.507 e. The molecule has 0 saturated carbocycles. The van der Waals surface area contributed by atoms with E-state index in [1.165, 1.54) is 16.2 Å². The minimum Gasteiger partial charge on any atom is -0.465 e. The Balaban J connectivity index is 2.35. The summed E-state index contributed by atoms with van der Waals surface area (Å²) in [5, 5.41) is 10.2. The third kappa shape index (κ3) is 3.44. The molecule has 2 rings (SSSR count). The molecule has 0 aromatic carbocycles.